The number of phenolic OH excluding ortho intramolecular Hbond substituents is 2. The Morgan fingerprint density at radius 3 is 2.41 bits per heavy atom. The minimum absolute atomic E-state index is 0.00479. The molecular weight excluding hydrogens is 455 g/mol. The molecule has 0 aliphatic carbocycles. The van der Waals surface area contributed by atoms with Crippen LogP contribution >= 0.6 is 23.2 Å². The van der Waals surface area contributed by atoms with E-state index in [0.717, 1.165) is 0 Å². The van der Waals surface area contributed by atoms with E-state index in [-0.39, 0.29) is 34.5 Å². The molecule has 5 rings (SSSR count). The van der Waals surface area contributed by atoms with E-state index in [0.29, 0.717) is 21.2 Å². The lowest BCUT2D eigenvalue weighted by Gasteiger charge is -2.27. The molecule has 3 aromatic carbocycles. The minimum Gasteiger partial charge on any atom is -0.504 e. The molecule has 6 nitrogen and oxygen atoms in total. The van der Waals surface area contributed by atoms with Crippen molar-refractivity contribution in [3.8, 4) is 28.6 Å². The fourth-order valence-electron chi connectivity index (χ4n) is 4.00. The van der Waals surface area contributed by atoms with Crippen LogP contribution in [0.25, 0.3) is 22.3 Å². The summed E-state index contributed by atoms with van der Waals surface area (Å²) >= 11 is 12.4. The van der Waals surface area contributed by atoms with E-state index in [4.69, 9.17) is 32.4 Å². The Balaban J connectivity index is 1.89. The predicted molar refractivity (Wildman–Crippen MR) is 120 cm³/mol. The molecule has 2 N–H and O–H groups in total. The molecule has 4 aromatic rings. The monoisotopic (exact) mass is 468 g/mol. The number of aromatic hydroxyl groups is 2. The number of fused-ring (bicyclic) bond motifs is 3. The maximum atomic E-state index is 13.0. The van der Waals surface area contributed by atoms with Crippen LogP contribution in [0.4, 0.5) is 0 Å². The highest BCUT2D eigenvalue weighted by Gasteiger charge is 2.37. The third-order valence-electron chi connectivity index (χ3n) is 5.44. The number of esters is 1. The Bertz CT molecular complexity index is 1460. The number of carbonyl (C=O) groups is 1. The molecule has 0 saturated carbocycles. The van der Waals surface area contributed by atoms with Gasteiger partial charge in [-0.15, -0.1) is 0 Å². The zero-order valence-electron chi connectivity index (χ0n) is 16.3. The topological polar surface area (TPSA) is 97.0 Å². The summed E-state index contributed by atoms with van der Waals surface area (Å²) in [4.78, 5) is 25.3. The van der Waals surface area contributed by atoms with E-state index >= 15 is 0 Å². The summed E-state index contributed by atoms with van der Waals surface area (Å²) in [5, 5.41) is 21.6. The van der Waals surface area contributed by atoms with Crippen molar-refractivity contribution in [2.24, 2.45) is 0 Å². The maximum absolute atomic E-state index is 13.0. The van der Waals surface area contributed by atoms with Gasteiger partial charge in [-0.3, -0.25) is 9.59 Å². The predicted octanol–water partition coefficient (Wildman–Crippen LogP) is 5.62. The zero-order valence-corrected chi connectivity index (χ0v) is 17.8. The van der Waals surface area contributed by atoms with Crippen LogP contribution in [0.3, 0.4) is 0 Å². The normalized spacial score (nSPS) is 15.4. The molecule has 0 fully saturated rings. The second kappa shape index (κ2) is 7.58. The minimum atomic E-state index is -0.720. The highest BCUT2D eigenvalue weighted by molar-refractivity contribution is 6.35. The quantitative estimate of drug-likeness (QED) is 0.225. The van der Waals surface area contributed by atoms with Crippen LogP contribution < -0.4 is 10.2 Å². The first-order valence-corrected chi connectivity index (χ1v) is 10.4. The van der Waals surface area contributed by atoms with Crippen LogP contribution in [0.5, 0.6) is 17.2 Å². The Hall–Kier alpha value is -3.48. The summed E-state index contributed by atoms with van der Waals surface area (Å²) in [5.41, 5.74) is 0.868. The van der Waals surface area contributed by atoms with Crippen molar-refractivity contribution in [3.63, 3.8) is 0 Å². The number of hydrogen-bond donors (Lipinski definition) is 2. The van der Waals surface area contributed by atoms with Crippen molar-refractivity contribution in [1.29, 1.82) is 0 Å². The van der Waals surface area contributed by atoms with Gasteiger partial charge in [0.05, 0.1) is 12.0 Å². The lowest BCUT2D eigenvalue weighted by molar-refractivity contribution is -0.135. The number of benzene rings is 3. The molecule has 0 bridgehead atoms. The molecule has 0 amide bonds. The Morgan fingerprint density at radius 1 is 0.938 bits per heavy atom. The average Bonchev–Trinajstić information content (AvgIpc) is 2.77. The first kappa shape index (κ1) is 20.4. The summed E-state index contributed by atoms with van der Waals surface area (Å²) < 4.78 is 11.4. The zero-order chi connectivity index (χ0) is 22.6. The maximum Gasteiger partial charge on any atom is 0.312 e. The highest BCUT2D eigenvalue weighted by Crippen LogP contribution is 2.52. The summed E-state index contributed by atoms with van der Waals surface area (Å²) in [6.45, 7) is 0. The lowest BCUT2D eigenvalue weighted by atomic mass is 9.84. The molecule has 0 spiro atoms. The lowest BCUT2D eigenvalue weighted by Crippen LogP contribution is -2.22. The fourth-order valence-corrected chi connectivity index (χ4v) is 4.54. The van der Waals surface area contributed by atoms with E-state index in [2.05, 4.69) is 0 Å². The van der Waals surface area contributed by atoms with Gasteiger partial charge in [0.25, 0.3) is 0 Å². The number of rotatable bonds is 2. The first-order chi connectivity index (χ1) is 15.3. The molecule has 8 heteroatoms. The van der Waals surface area contributed by atoms with Gasteiger partial charge in [-0.05, 0) is 17.7 Å². The van der Waals surface area contributed by atoms with Gasteiger partial charge in [-0.2, -0.15) is 0 Å². The largest absolute Gasteiger partial charge is 0.504 e. The molecule has 1 aromatic heterocycles. The summed E-state index contributed by atoms with van der Waals surface area (Å²) in [5.74, 6) is -2.79. The van der Waals surface area contributed by atoms with Crippen molar-refractivity contribution in [2.45, 2.75) is 12.3 Å². The summed E-state index contributed by atoms with van der Waals surface area (Å²) in [6, 6.07) is 15.0. The highest BCUT2D eigenvalue weighted by atomic mass is 35.5. The van der Waals surface area contributed by atoms with Crippen molar-refractivity contribution in [1.82, 2.24) is 0 Å². The molecule has 0 radical (unpaired) electrons. The van der Waals surface area contributed by atoms with E-state index in [1.165, 1.54) is 12.1 Å². The number of ether oxygens (including phenoxy) is 1. The van der Waals surface area contributed by atoms with Crippen molar-refractivity contribution in [2.75, 3.05) is 0 Å². The van der Waals surface area contributed by atoms with Crippen LogP contribution in [-0.2, 0) is 4.79 Å². The van der Waals surface area contributed by atoms with E-state index in [1.807, 2.05) is 6.07 Å². The van der Waals surface area contributed by atoms with Gasteiger partial charge >= 0.3 is 5.97 Å². The molecule has 32 heavy (non-hydrogen) atoms. The second-order valence-corrected chi connectivity index (χ2v) is 8.23. The molecule has 160 valence electrons. The third kappa shape index (κ3) is 3.20. The number of hydrogen-bond acceptors (Lipinski definition) is 6. The molecule has 1 atom stereocenters. The van der Waals surface area contributed by atoms with E-state index < -0.39 is 28.8 Å². The van der Waals surface area contributed by atoms with Gasteiger partial charge in [-0.1, -0.05) is 59.6 Å². The van der Waals surface area contributed by atoms with Crippen LogP contribution in [0.2, 0.25) is 10.0 Å². The second-order valence-electron chi connectivity index (χ2n) is 7.38. The molecular formula is C24H14Cl2O6. The Labute approximate surface area is 191 Å². The van der Waals surface area contributed by atoms with Gasteiger partial charge in [0.1, 0.15) is 16.7 Å². The summed E-state index contributed by atoms with van der Waals surface area (Å²) in [7, 11) is 0. The molecule has 0 saturated heterocycles. The SMILES string of the molecule is O=C1CC(c2ccc(Cl)cc2Cl)c2c(c(O)c(O)c3c(=O)cc(-c4ccccc4)oc23)O1. The van der Waals surface area contributed by atoms with Crippen molar-refractivity contribution < 1.29 is 24.2 Å². The van der Waals surface area contributed by atoms with Crippen molar-refractivity contribution in [3.05, 3.63) is 86.0 Å². The molecule has 2 heterocycles. The van der Waals surface area contributed by atoms with Crippen LogP contribution in [0.1, 0.15) is 23.5 Å². The number of carbonyl (C=O) groups excluding carboxylic acids is 1. The van der Waals surface area contributed by atoms with E-state index in [9.17, 15) is 19.8 Å². The molecule has 1 unspecified atom stereocenters. The van der Waals surface area contributed by atoms with E-state index in [1.54, 1.807) is 36.4 Å². The van der Waals surface area contributed by atoms with Gasteiger partial charge in [0.2, 0.25) is 5.75 Å². The van der Waals surface area contributed by atoms with Gasteiger partial charge < -0.3 is 19.4 Å². The number of halogens is 2. The van der Waals surface area contributed by atoms with Crippen LogP contribution in [0.15, 0.2) is 63.8 Å². The standard InChI is InChI=1S/C24H14Cl2O6/c25-12-6-7-13(15(26)8-12)14-9-18(28)32-24-19(14)23-20(21(29)22(24)30)16(27)10-17(31-23)11-4-2-1-3-5-11/h1-8,10,14,29-30H,9H2. The summed E-state index contributed by atoms with van der Waals surface area (Å²) in [6.07, 6.45) is -0.118. The van der Waals surface area contributed by atoms with Gasteiger partial charge in [-0.25, -0.2) is 0 Å². The smallest absolute Gasteiger partial charge is 0.312 e. The van der Waals surface area contributed by atoms with Gasteiger partial charge in [0, 0.05) is 27.6 Å². The number of phenols is 2. The van der Waals surface area contributed by atoms with Gasteiger partial charge in [0.15, 0.2) is 16.9 Å². The third-order valence-corrected chi connectivity index (χ3v) is 6.01. The fraction of sp³-hybridized carbons (Fsp3) is 0.0833. The average molecular weight is 469 g/mol. The molecule has 1 aliphatic rings. The Kier molecular flexibility index (Phi) is 4.84. The first-order valence-electron chi connectivity index (χ1n) is 9.62. The van der Waals surface area contributed by atoms with Crippen LogP contribution in [0, 0.1) is 0 Å². The van der Waals surface area contributed by atoms with Crippen LogP contribution in [-0.4, -0.2) is 16.2 Å². The molecule has 1 aliphatic heterocycles. The Morgan fingerprint density at radius 2 is 1.69 bits per heavy atom. The van der Waals surface area contributed by atoms with Crippen molar-refractivity contribution >= 4 is 40.1 Å².